The summed E-state index contributed by atoms with van der Waals surface area (Å²) in [6, 6.07) is 29.6. The Labute approximate surface area is 242 Å². The average molecular weight is 606 g/mol. The van der Waals surface area contributed by atoms with Gasteiger partial charge in [0.25, 0.3) is 0 Å². The van der Waals surface area contributed by atoms with Gasteiger partial charge in [0.15, 0.2) is 5.76 Å². The number of fused-ring (bicyclic) bond motifs is 1. The third-order valence-corrected chi connectivity index (χ3v) is 6.98. The molecule has 200 valence electrons. The van der Waals surface area contributed by atoms with Gasteiger partial charge in [-0.3, -0.25) is 9.59 Å². The maximum Gasteiger partial charge on any atom is 0.248 e. The lowest BCUT2D eigenvalue weighted by atomic mass is 10.1. The molecule has 1 N–H and O–H groups in total. The second kappa shape index (κ2) is 11.2. The summed E-state index contributed by atoms with van der Waals surface area (Å²) in [5.74, 6) is -1.12. The number of carbonyl (C=O) groups excluding carboxylic acids is 2. The fraction of sp³-hybridized carbons (Fsp3) is 0. The number of hydrogen-bond donors (Lipinski definition) is 1. The van der Waals surface area contributed by atoms with Crippen LogP contribution in [0, 0.1) is 5.82 Å². The Morgan fingerprint density at radius 1 is 0.878 bits per heavy atom. The summed E-state index contributed by atoms with van der Waals surface area (Å²) in [5.41, 5.74) is 3.97. The smallest absolute Gasteiger partial charge is 0.248 e. The second-order valence-electron chi connectivity index (χ2n) is 9.18. The lowest BCUT2D eigenvalue weighted by Crippen LogP contribution is -2.11. The van der Waals surface area contributed by atoms with E-state index < -0.39 is 5.91 Å². The van der Waals surface area contributed by atoms with Gasteiger partial charge in [-0.1, -0.05) is 46.3 Å². The largest absolute Gasteiger partial charge is 0.450 e. The Bertz CT molecular complexity index is 1910. The standard InChI is InChI=1S/C33H21BrFN3O3/c34-24-15-10-22(11-16-24)32(40)33-31(27-8-4-5-9-28(27)41-33)36-29(39)19-14-23-20-38(26-6-2-1-3-7-26)37-30(23)21-12-17-25(35)18-13-21/h1-20H,(H,36,39)/b19-14+. The molecule has 0 saturated heterocycles. The summed E-state index contributed by atoms with van der Waals surface area (Å²) in [6.07, 6.45) is 4.81. The fourth-order valence-electron chi connectivity index (χ4n) is 4.45. The average Bonchev–Trinajstić information content (AvgIpc) is 3.59. The molecule has 0 aliphatic heterocycles. The number of ketones is 1. The highest BCUT2D eigenvalue weighted by atomic mass is 79.9. The topological polar surface area (TPSA) is 77.1 Å². The summed E-state index contributed by atoms with van der Waals surface area (Å²) < 4.78 is 22.1. The number of halogens is 2. The highest BCUT2D eigenvalue weighted by Gasteiger charge is 2.23. The van der Waals surface area contributed by atoms with Gasteiger partial charge < -0.3 is 9.73 Å². The van der Waals surface area contributed by atoms with E-state index >= 15 is 0 Å². The van der Waals surface area contributed by atoms with E-state index in [1.54, 1.807) is 71.6 Å². The Kier molecular flexibility index (Phi) is 7.14. The molecule has 0 unspecified atom stereocenters. The van der Waals surface area contributed by atoms with Crippen molar-refractivity contribution in [1.29, 1.82) is 0 Å². The normalized spacial score (nSPS) is 11.3. The molecule has 8 heteroatoms. The number of furan rings is 1. The first-order valence-electron chi connectivity index (χ1n) is 12.7. The number of benzene rings is 4. The molecule has 4 aromatic carbocycles. The second-order valence-corrected chi connectivity index (χ2v) is 10.1. The molecule has 0 fully saturated rings. The number of hydrogen-bond acceptors (Lipinski definition) is 4. The van der Waals surface area contributed by atoms with Crippen LogP contribution in [0.3, 0.4) is 0 Å². The molecule has 0 atom stereocenters. The van der Waals surface area contributed by atoms with Crippen molar-refractivity contribution >= 4 is 50.4 Å². The van der Waals surface area contributed by atoms with Gasteiger partial charge in [0.05, 0.1) is 17.1 Å². The molecule has 6 aromatic rings. The molecule has 6 rings (SSSR count). The highest BCUT2D eigenvalue weighted by Crippen LogP contribution is 2.33. The summed E-state index contributed by atoms with van der Waals surface area (Å²) in [7, 11) is 0. The van der Waals surface area contributed by atoms with Crippen LogP contribution in [0.1, 0.15) is 21.7 Å². The van der Waals surface area contributed by atoms with Crippen LogP contribution in [-0.2, 0) is 4.79 Å². The molecular weight excluding hydrogens is 585 g/mol. The molecular formula is C33H21BrFN3O3. The predicted octanol–water partition coefficient (Wildman–Crippen LogP) is 8.07. The highest BCUT2D eigenvalue weighted by molar-refractivity contribution is 9.10. The number of nitrogens with zero attached hydrogens (tertiary/aromatic N) is 2. The van der Waals surface area contributed by atoms with Gasteiger partial charge in [-0.15, -0.1) is 0 Å². The van der Waals surface area contributed by atoms with Crippen LogP contribution in [0.25, 0.3) is 34.0 Å². The molecule has 2 heterocycles. The van der Waals surface area contributed by atoms with Gasteiger partial charge >= 0.3 is 0 Å². The van der Waals surface area contributed by atoms with Crippen molar-refractivity contribution in [1.82, 2.24) is 9.78 Å². The quantitative estimate of drug-likeness (QED) is 0.147. The Balaban J connectivity index is 1.34. The maximum absolute atomic E-state index is 13.6. The van der Waals surface area contributed by atoms with Gasteiger partial charge in [-0.25, -0.2) is 9.07 Å². The third kappa shape index (κ3) is 5.50. The summed E-state index contributed by atoms with van der Waals surface area (Å²) in [5, 5.41) is 8.15. The van der Waals surface area contributed by atoms with Crippen molar-refractivity contribution in [2.24, 2.45) is 0 Å². The SMILES string of the molecule is O=C(/C=C/c1cn(-c2ccccc2)nc1-c1ccc(F)cc1)Nc1c(C(=O)c2ccc(Br)cc2)oc2ccccc12. The number of aromatic nitrogens is 2. The first kappa shape index (κ1) is 26.2. The van der Waals surface area contributed by atoms with E-state index in [1.165, 1.54) is 18.2 Å². The lowest BCUT2D eigenvalue weighted by Gasteiger charge is -2.04. The lowest BCUT2D eigenvalue weighted by molar-refractivity contribution is -0.111. The minimum absolute atomic E-state index is 0.0409. The Morgan fingerprint density at radius 3 is 2.34 bits per heavy atom. The maximum atomic E-state index is 13.6. The molecule has 0 bridgehead atoms. The summed E-state index contributed by atoms with van der Waals surface area (Å²) in [6.45, 7) is 0. The van der Waals surface area contributed by atoms with Crippen LogP contribution in [0.5, 0.6) is 0 Å². The van der Waals surface area contributed by atoms with Gasteiger partial charge in [0.1, 0.15) is 11.4 Å². The fourth-order valence-corrected chi connectivity index (χ4v) is 4.71. The van der Waals surface area contributed by atoms with Crippen molar-refractivity contribution in [3.05, 3.63) is 143 Å². The molecule has 41 heavy (non-hydrogen) atoms. The predicted molar refractivity (Wildman–Crippen MR) is 160 cm³/mol. The number of carbonyl (C=O) groups is 2. The van der Waals surface area contributed by atoms with Gasteiger partial charge in [0, 0.05) is 38.8 Å². The first-order valence-corrected chi connectivity index (χ1v) is 13.5. The molecule has 2 aromatic heterocycles. The summed E-state index contributed by atoms with van der Waals surface area (Å²) >= 11 is 3.38. The van der Waals surface area contributed by atoms with Gasteiger partial charge in [-0.05, 0) is 78.9 Å². The monoisotopic (exact) mass is 605 g/mol. The van der Waals surface area contributed by atoms with Crippen molar-refractivity contribution in [2.45, 2.75) is 0 Å². The van der Waals surface area contributed by atoms with Crippen LogP contribution in [0.15, 0.2) is 124 Å². The van der Waals surface area contributed by atoms with E-state index in [4.69, 9.17) is 9.52 Å². The van der Waals surface area contributed by atoms with Crippen LogP contribution in [-0.4, -0.2) is 21.5 Å². The first-order chi connectivity index (χ1) is 20.0. The van der Waals surface area contributed by atoms with Crippen molar-refractivity contribution in [3.63, 3.8) is 0 Å². The number of amides is 1. The van der Waals surface area contributed by atoms with E-state index in [1.807, 2.05) is 36.4 Å². The van der Waals surface area contributed by atoms with E-state index in [0.717, 1.165) is 10.2 Å². The molecule has 0 spiro atoms. The van der Waals surface area contributed by atoms with E-state index in [2.05, 4.69) is 21.2 Å². The molecule has 0 aliphatic rings. The number of rotatable bonds is 7. The minimum atomic E-state index is -0.459. The van der Waals surface area contributed by atoms with Crippen LogP contribution < -0.4 is 5.32 Å². The van der Waals surface area contributed by atoms with Crippen molar-refractivity contribution in [3.8, 4) is 16.9 Å². The van der Waals surface area contributed by atoms with E-state index in [9.17, 15) is 14.0 Å². The number of para-hydroxylation sites is 2. The van der Waals surface area contributed by atoms with Gasteiger partial charge in [0.2, 0.25) is 11.7 Å². The zero-order chi connectivity index (χ0) is 28.3. The van der Waals surface area contributed by atoms with Crippen molar-refractivity contribution < 1.29 is 18.4 Å². The van der Waals surface area contributed by atoms with E-state index in [-0.39, 0.29) is 17.4 Å². The van der Waals surface area contributed by atoms with Crippen LogP contribution in [0.4, 0.5) is 10.1 Å². The van der Waals surface area contributed by atoms with Crippen LogP contribution in [0.2, 0.25) is 0 Å². The minimum Gasteiger partial charge on any atom is -0.450 e. The van der Waals surface area contributed by atoms with Gasteiger partial charge in [-0.2, -0.15) is 5.10 Å². The summed E-state index contributed by atoms with van der Waals surface area (Å²) in [4.78, 5) is 26.6. The molecule has 1 amide bonds. The molecule has 0 aliphatic carbocycles. The number of nitrogens with one attached hydrogen (secondary N) is 1. The van der Waals surface area contributed by atoms with E-state index in [0.29, 0.717) is 39.0 Å². The van der Waals surface area contributed by atoms with Crippen molar-refractivity contribution in [2.75, 3.05) is 5.32 Å². The molecule has 0 saturated carbocycles. The zero-order valence-electron chi connectivity index (χ0n) is 21.4. The van der Waals surface area contributed by atoms with Crippen LogP contribution >= 0.6 is 15.9 Å². The Hall–Kier alpha value is -5.08. The molecule has 6 nitrogen and oxygen atoms in total. The Morgan fingerprint density at radius 2 is 1.59 bits per heavy atom. The number of anilines is 1. The zero-order valence-corrected chi connectivity index (χ0v) is 23.0. The third-order valence-electron chi connectivity index (χ3n) is 6.45. The molecule has 0 radical (unpaired) electrons.